The van der Waals surface area contributed by atoms with Gasteiger partial charge in [-0.3, -0.25) is 0 Å². The lowest BCUT2D eigenvalue weighted by molar-refractivity contribution is 0.198. The molecule has 0 aliphatic rings. The summed E-state index contributed by atoms with van der Waals surface area (Å²) in [7, 11) is 0. The molecular weight excluding hydrogens is 325 g/mol. The first-order valence-electron chi connectivity index (χ1n) is 8.08. The molecule has 1 unspecified atom stereocenters. The summed E-state index contributed by atoms with van der Waals surface area (Å²) in [5.74, 6) is -1.85. The minimum Gasteiger partial charge on any atom is -0.494 e. The molecule has 0 aromatic heterocycles. The largest absolute Gasteiger partial charge is 0.494 e. The van der Waals surface area contributed by atoms with Crippen LogP contribution in [0.3, 0.4) is 0 Å². The van der Waals surface area contributed by atoms with Crippen molar-refractivity contribution in [2.24, 2.45) is 5.92 Å². The Kier molecular flexibility index (Phi) is 7.75. The number of benzene rings is 1. The molecule has 1 aromatic carbocycles. The predicted molar refractivity (Wildman–Crippen MR) is 96.7 cm³/mol. The van der Waals surface area contributed by atoms with Crippen LogP contribution in [0.1, 0.15) is 38.3 Å². The van der Waals surface area contributed by atoms with Crippen LogP contribution in [0.15, 0.2) is 66.0 Å². The maximum absolute atomic E-state index is 13.9. The van der Waals surface area contributed by atoms with Crippen LogP contribution in [0, 0.1) is 18.7 Å². The number of hydrogen-bond acceptors (Lipinski definition) is 1. The highest BCUT2D eigenvalue weighted by Gasteiger charge is 2.16. The minimum atomic E-state index is -0.963. The van der Waals surface area contributed by atoms with Crippen molar-refractivity contribution in [1.82, 2.24) is 0 Å². The fourth-order valence-corrected chi connectivity index (χ4v) is 2.01. The molecular formula is C21H25F3O. The molecule has 0 saturated heterocycles. The van der Waals surface area contributed by atoms with Gasteiger partial charge >= 0.3 is 0 Å². The van der Waals surface area contributed by atoms with Crippen molar-refractivity contribution in [3.8, 4) is 0 Å². The summed E-state index contributed by atoms with van der Waals surface area (Å²) in [5.41, 5.74) is 1.43. The normalized spacial score (nSPS) is 14.0. The quantitative estimate of drug-likeness (QED) is 0.367. The molecule has 1 aromatic rings. The maximum Gasteiger partial charge on any atom is 0.161 e. The van der Waals surface area contributed by atoms with E-state index in [-0.39, 0.29) is 29.5 Å². The lowest BCUT2D eigenvalue weighted by Crippen LogP contribution is -2.01. The highest BCUT2D eigenvalue weighted by atomic mass is 19.2. The Hall–Kier alpha value is -2.23. The van der Waals surface area contributed by atoms with Crippen molar-refractivity contribution in [1.29, 1.82) is 0 Å². The Labute approximate surface area is 148 Å². The Balaban J connectivity index is 2.62. The van der Waals surface area contributed by atoms with Gasteiger partial charge in [0, 0.05) is 0 Å². The van der Waals surface area contributed by atoms with Gasteiger partial charge in [-0.2, -0.15) is 0 Å². The summed E-state index contributed by atoms with van der Waals surface area (Å²) >= 11 is 0. The lowest BCUT2D eigenvalue weighted by atomic mass is 9.96. The molecule has 0 saturated carbocycles. The summed E-state index contributed by atoms with van der Waals surface area (Å²) in [4.78, 5) is 0. The van der Waals surface area contributed by atoms with Crippen LogP contribution in [-0.2, 0) is 11.3 Å². The van der Waals surface area contributed by atoms with Crippen molar-refractivity contribution in [2.75, 3.05) is 0 Å². The molecule has 0 spiro atoms. The highest BCUT2D eigenvalue weighted by Crippen LogP contribution is 2.28. The van der Waals surface area contributed by atoms with Crippen LogP contribution in [0.5, 0.6) is 0 Å². The Morgan fingerprint density at radius 1 is 1.20 bits per heavy atom. The highest BCUT2D eigenvalue weighted by molar-refractivity contribution is 5.35. The van der Waals surface area contributed by atoms with Crippen LogP contribution in [-0.4, -0.2) is 0 Å². The summed E-state index contributed by atoms with van der Waals surface area (Å²) in [5, 5.41) is 0. The second kappa shape index (κ2) is 9.30. The molecule has 0 bridgehead atoms. The summed E-state index contributed by atoms with van der Waals surface area (Å²) in [6.07, 6.45) is 2.23. The van der Waals surface area contributed by atoms with Gasteiger partial charge in [-0.05, 0) is 67.5 Å². The van der Waals surface area contributed by atoms with Gasteiger partial charge in [0.1, 0.15) is 12.4 Å². The number of halogens is 3. The predicted octanol–water partition coefficient (Wildman–Crippen LogP) is 6.86. The van der Waals surface area contributed by atoms with E-state index in [2.05, 4.69) is 13.2 Å². The van der Waals surface area contributed by atoms with E-state index in [0.29, 0.717) is 17.7 Å². The molecule has 0 heterocycles. The third-order valence-electron chi connectivity index (χ3n) is 3.91. The first kappa shape index (κ1) is 20.8. The van der Waals surface area contributed by atoms with E-state index in [1.807, 2.05) is 0 Å². The third-order valence-corrected chi connectivity index (χ3v) is 3.91. The SMILES string of the molecule is C=C(C)/C(F)=C(/F)C(=C)C(C)C/C=C(\C)OCc1ccc(C)c(F)c1. The molecule has 0 amide bonds. The molecule has 0 aliphatic carbocycles. The van der Waals surface area contributed by atoms with E-state index < -0.39 is 11.7 Å². The van der Waals surface area contributed by atoms with Gasteiger partial charge in [0.15, 0.2) is 11.7 Å². The van der Waals surface area contributed by atoms with E-state index in [4.69, 9.17) is 4.74 Å². The van der Waals surface area contributed by atoms with E-state index in [1.165, 1.54) is 13.0 Å². The molecule has 1 nitrogen and oxygen atoms in total. The number of hydrogen-bond donors (Lipinski definition) is 0. The van der Waals surface area contributed by atoms with E-state index >= 15 is 0 Å². The summed E-state index contributed by atoms with van der Waals surface area (Å²) in [6, 6.07) is 4.94. The van der Waals surface area contributed by atoms with Gasteiger partial charge in [-0.1, -0.05) is 32.2 Å². The Morgan fingerprint density at radius 3 is 2.40 bits per heavy atom. The maximum atomic E-state index is 13.9. The van der Waals surface area contributed by atoms with Gasteiger partial charge in [-0.25, -0.2) is 13.2 Å². The van der Waals surface area contributed by atoms with Crippen LogP contribution >= 0.6 is 0 Å². The second-order valence-corrected chi connectivity index (χ2v) is 6.26. The third kappa shape index (κ3) is 6.29. The molecule has 0 radical (unpaired) electrons. The monoisotopic (exact) mass is 350 g/mol. The molecule has 0 fully saturated rings. The molecule has 136 valence electrons. The van der Waals surface area contributed by atoms with E-state index in [0.717, 1.165) is 5.56 Å². The average Bonchev–Trinajstić information content (AvgIpc) is 2.58. The first-order valence-corrected chi connectivity index (χ1v) is 8.08. The summed E-state index contributed by atoms with van der Waals surface area (Å²) < 4.78 is 46.5. The lowest BCUT2D eigenvalue weighted by Gasteiger charge is -2.13. The average molecular weight is 350 g/mol. The zero-order chi connectivity index (χ0) is 19.1. The molecule has 4 heteroatoms. The molecule has 1 atom stereocenters. The fraction of sp³-hybridized carbons (Fsp3) is 0.333. The van der Waals surface area contributed by atoms with E-state index in [1.54, 1.807) is 39.0 Å². The van der Waals surface area contributed by atoms with Gasteiger partial charge in [-0.15, -0.1) is 0 Å². The second-order valence-electron chi connectivity index (χ2n) is 6.26. The zero-order valence-corrected chi connectivity index (χ0v) is 15.3. The van der Waals surface area contributed by atoms with Crippen LogP contribution in [0.25, 0.3) is 0 Å². The minimum absolute atomic E-state index is 0.0336. The van der Waals surface area contributed by atoms with Crippen molar-refractivity contribution < 1.29 is 17.9 Å². The van der Waals surface area contributed by atoms with Gasteiger partial charge in [0.2, 0.25) is 0 Å². The van der Waals surface area contributed by atoms with Gasteiger partial charge in [0.25, 0.3) is 0 Å². The number of ether oxygens (including phenoxy) is 1. The number of rotatable bonds is 8. The van der Waals surface area contributed by atoms with Crippen molar-refractivity contribution in [2.45, 2.75) is 40.7 Å². The zero-order valence-electron chi connectivity index (χ0n) is 15.3. The fourth-order valence-electron chi connectivity index (χ4n) is 2.01. The van der Waals surface area contributed by atoms with E-state index in [9.17, 15) is 13.2 Å². The van der Waals surface area contributed by atoms with Gasteiger partial charge in [0.05, 0.1) is 5.76 Å². The molecule has 1 rings (SSSR count). The Morgan fingerprint density at radius 2 is 1.84 bits per heavy atom. The Bertz CT molecular complexity index is 714. The van der Waals surface area contributed by atoms with Crippen molar-refractivity contribution in [3.05, 3.63) is 82.9 Å². The van der Waals surface area contributed by atoms with Gasteiger partial charge < -0.3 is 4.74 Å². The summed E-state index contributed by atoms with van der Waals surface area (Å²) in [6.45, 7) is 13.9. The van der Waals surface area contributed by atoms with Crippen LogP contribution in [0.4, 0.5) is 13.2 Å². The molecule has 0 N–H and O–H groups in total. The molecule has 25 heavy (non-hydrogen) atoms. The smallest absolute Gasteiger partial charge is 0.161 e. The van der Waals surface area contributed by atoms with Crippen LogP contribution < -0.4 is 0 Å². The van der Waals surface area contributed by atoms with Crippen molar-refractivity contribution in [3.63, 3.8) is 0 Å². The van der Waals surface area contributed by atoms with Crippen LogP contribution in [0.2, 0.25) is 0 Å². The molecule has 0 aliphatic heterocycles. The number of aryl methyl sites for hydroxylation is 1. The van der Waals surface area contributed by atoms with Crippen molar-refractivity contribution >= 4 is 0 Å². The first-order chi connectivity index (χ1) is 11.6. The topological polar surface area (TPSA) is 9.23 Å². The standard InChI is InChI=1S/C21H25F3O/c1-13(2)20(23)21(24)17(6)14(3)7-9-16(5)25-12-18-10-8-15(4)19(22)11-18/h8-11,14H,1,6-7,12H2,2-5H3/b16-9+,21-20-. The number of allylic oxidation sites excluding steroid dienone is 6.